The van der Waals surface area contributed by atoms with E-state index in [4.69, 9.17) is 16.4 Å². The third-order valence-corrected chi connectivity index (χ3v) is 2.70. The van der Waals surface area contributed by atoms with E-state index in [-0.39, 0.29) is 17.2 Å². The number of rotatable bonds is 5. The molecule has 3 N–H and O–H groups in total. The van der Waals surface area contributed by atoms with Crippen LogP contribution in [0.2, 0.25) is 5.02 Å². The number of hydroxylamine groups is 1. The van der Waals surface area contributed by atoms with Gasteiger partial charge in [-0.05, 0) is 32.9 Å². The first-order valence-electron chi connectivity index (χ1n) is 6.05. The predicted octanol–water partition coefficient (Wildman–Crippen LogP) is 2.54. The van der Waals surface area contributed by atoms with Crippen LogP contribution in [0.15, 0.2) is 18.2 Å². The van der Waals surface area contributed by atoms with Crippen molar-refractivity contribution in [1.29, 1.82) is 0 Å². The molecule has 2 amide bonds. The zero-order valence-corrected chi connectivity index (χ0v) is 12.3. The second kappa shape index (κ2) is 6.88. The summed E-state index contributed by atoms with van der Waals surface area (Å²) in [7, 11) is 0. The number of nitrogens with one attached hydrogen (secondary N) is 2. The number of halogens is 2. The lowest BCUT2D eigenvalue weighted by atomic mass is 10.1. The fourth-order valence-corrected chi connectivity index (χ4v) is 1.83. The highest BCUT2D eigenvalue weighted by atomic mass is 35.5. The minimum absolute atomic E-state index is 0.0742. The van der Waals surface area contributed by atoms with Gasteiger partial charge in [-0.15, -0.1) is 0 Å². The molecule has 0 bridgehead atoms. The van der Waals surface area contributed by atoms with E-state index in [2.05, 4.69) is 10.8 Å². The van der Waals surface area contributed by atoms with E-state index in [1.54, 1.807) is 13.0 Å². The van der Waals surface area contributed by atoms with Gasteiger partial charge < -0.3 is 10.4 Å². The molecular weight excluding hydrogens is 287 g/mol. The lowest BCUT2D eigenvalue weighted by Crippen LogP contribution is -2.40. The Bertz CT molecular complexity index is 457. The van der Waals surface area contributed by atoms with Crippen molar-refractivity contribution in [1.82, 2.24) is 10.8 Å². The molecule has 0 saturated heterocycles. The van der Waals surface area contributed by atoms with Crippen molar-refractivity contribution < 1.29 is 19.1 Å². The maximum absolute atomic E-state index is 13.6. The van der Waals surface area contributed by atoms with Gasteiger partial charge >= 0.3 is 6.03 Å². The molecule has 0 heterocycles. The summed E-state index contributed by atoms with van der Waals surface area (Å²) < 4.78 is 13.6. The van der Waals surface area contributed by atoms with Crippen molar-refractivity contribution in [3.8, 4) is 0 Å². The molecule has 112 valence electrons. The van der Waals surface area contributed by atoms with E-state index in [0.717, 1.165) is 0 Å². The van der Waals surface area contributed by atoms with Crippen LogP contribution in [0, 0.1) is 5.82 Å². The fraction of sp³-hybridized carbons (Fsp3) is 0.462. The van der Waals surface area contributed by atoms with E-state index in [1.807, 2.05) is 0 Å². The highest BCUT2D eigenvalue weighted by molar-refractivity contribution is 6.31. The van der Waals surface area contributed by atoms with Gasteiger partial charge in [0.1, 0.15) is 12.4 Å². The molecule has 0 aliphatic heterocycles. The Morgan fingerprint density at radius 2 is 2.20 bits per heavy atom. The molecule has 0 aliphatic rings. The van der Waals surface area contributed by atoms with Gasteiger partial charge in [0.25, 0.3) is 0 Å². The molecule has 1 rings (SSSR count). The average Bonchev–Trinajstić information content (AvgIpc) is 2.26. The van der Waals surface area contributed by atoms with E-state index in [9.17, 15) is 14.3 Å². The Morgan fingerprint density at radius 3 is 2.75 bits per heavy atom. The molecule has 0 unspecified atom stereocenters. The second-order valence-electron chi connectivity index (χ2n) is 5.03. The molecule has 0 fully saturated rings. The number of benzene rings is 1. The maximum Gasteiger partial charge on any atom is 0.339 e. The fourth-order valence-electron chi connectivity index (χ4n) is 1.50. The van der Waals surface area contributed by atoms with Gasteiger partial charge in [-0.25, -0.2) is 14.7 Å². The summed E-state index contributed by atoms with van der Waals surface area (Å²) >= 11 is 5.90. The summed E-state index contributed by atoms with van der Waals surface area (Å²) in [6.45, 7) is 4.60. The molecule has 5 nitrogen and oxygen atoms in total. The van der Waals surface area contributed by atoms with Crippen LogP contribution in [-0.4, -0.2) is 23.3 Å². The Balaban J connectivity index is 2.54. The van der Waals surface area contributed by atoms with Crippen LogP contribution >= 0.6 is 11.6 Å². The summed E-state index contributed by atoms with van der Waals surface area (Å²) in [5.74, 6) is -0.497. The molecule has 7 heteroatoms. The lowest BCUT2D eigenvalue weighted by Gasteiger charge is -2.19. The molecule has 0 aromatic heterocycles. The summed E-state index contributed by atoms with van der Waals surface area (Å²) in [4.78, 5) is 16.4. The van der Waals surface area contributed by atoms with Crippen LogP contribution in [-0.2, 0) is 4.84 Å². The van der Waals surface area contributed by atoms with E-state index in [1.165, 1.54) is 26.0 Å². The molecule has 1 atom stereocenters. The first-order valence-corrected chi connectivity index (χ1v) is 6.43. The molecule has 1 aromatic carbocycles. The number of aliphatic hydroxyl groups is 1. The number of hydrogen-bond donors (Lipinski definition) is 3. The summed E-state index contributed by atoms with van der Waals surface area (Å²) in [6.07, 6.45) is 0. The van der Waals surface area contributed by atoms with Crippen molar-refractivity contribution in [2.24, 2.45) is 0 Å². The van der Waals surface area contributed by atoms with Crippen molar-refractivity contribution in [2.75, 3.05) is 6.61 Å². The standard InChI is InChI=1S/C13H18ClFN2O3/c1-8(11-9(14)5-4-6-10(11)15)16-12(18)17-20-7-13(2,3)19/h4-6,8,19H,7H2,1-3H3,(H2,16,17,18)/t8-/m0/s1. The van der Waals surface area contributed by atoms with Crippen LogP contribution in [0.4, 0.5) is 9.18 Å². The van der Waals surface area contributed by atoms with Crippen molar-refractivity contribution in [2.45, 2.75) is 32.4 Å². The molecule has 1 aromatic rings. The van der Waals surface area contributed by atoms with Crippen molar-refractivity contribution in [3.63, 3.8) is 0 Å². The van der Waals surface area contributed by atoms with E-state index in [0.29, 0.717) is 0 Å². The molecule has 0 radical (unpaired) electrons. The summed E-state index contributed by atoms with van der Waals surface area (Å²) in [5.41, 5.74) is 1.24. The molecule has 0 spiro atoms. The van der Waals surface area contributed by atoms with Gasteiger partial charge in [-0.2, -0.15) is 0 Å². The van der Waals surface area contributed by atoms with Crippen LogP contribution in [0.1, 0.15) is 32.4 Å². The monoisotopic (exact) mass is 304 g/mol. The zero-order chi connectivity index (χ0) is 15.3. The van der Waals surface area contributed by atoms with Crippen molar-refractivity contribution >= 4 is 17.6 Å². The SMILES string of the molecule is C[C@H](NC(=O)NOCC(C)(C)O)c1c(F)cccc1Cl. The summed E-state index contributed by atoms with van der Waals surface area (Å²) in [6, 6.07) is 3.01. The zero-order valence-electron chi connectivity index (χ0n) is 11.5. The minimum atomic E-state index is -1.06. The Kier molecular flexibility index (Phi) is 5.74. The topological polar surface area (TPSA) is 70.6 Å². The number of urea groups is 1. The van der Waals surface area contributed by atoms with Gasteiger partial charge in [-0.3, -0.25) is 4.84 Å². The van der Waals surface area contributed by atoms with Crippen LogP contribution < -0.4 is 10.8 Å². The number of carbonyl (C=O) groups is 1. The van der Waals surface area contributed by atoms with Gasteiger partial charge in [0.15, 0.2) is 0 Å². The number of amides is 2. The predicted molar refractivity (Wildman–Crippen MR) is 73.7 cm³/mol. The van der Waals surface area contributed by atoms with E-state index < -0.39 is 23.5 Å². The molecule has 0 saturated carbocycles. The minimum Gasteiger partial charge on any atom is -0.388 e. The summed E-state index contributed by atoms with van der Waals surface area (Å²) in [5, 5.41) is 12.1. The quantitative estimate of drug-likeness (QED) is 0.732. The molecular formula is C13H18ClFN2O3. The van der Waals surface area contributed by atoms with Gasteiger partial charge in [-0.1, -0.05) is 17.7 Å². The highest BCUT2D eigenvalue weighted by Crippen LogP contribution is 2.25. The van der Waals surface area contributed by atoms with Gasteiger partial charge in [0.2, 0.25) is 0 Å². The van der Waals surface area contributed by atoms with Gasteiger partial charge in [0, 0.05) is 10.6 Å². The smallest absolute Gasteiger partial charge is 0.339 e. The normalized spacial score (nSPS) is 12.9. The van der Waals surface area contributed by atoms with Crippen LogP contribution in [0.3, 0.4) is 0 Å². The largest absolute Gasteiger partial charge is 0.388 e. The van der Waals surface area contributed by atoms with Crippen LogP contribution in [0.5, 0.6) is 0 Å². The van der Waals surface area contributed by atoms with Crippen molar-refractivity contribution in [3.05, 3.63) is 34.6 Å². The van der Waals surface area contributed by atoms with Gasteiger partial charge in [0.05, 0.1) is 11.6 Å². The Morgan fingerprint density at radius 1 is 1.55 bits per heavy atom. The lowest BCUT2D eigenvalue weighted by molar-refractivity contribution is -0.0484. The van der Waals surface area contributed by atoms with E-state index >= 15 is 0 Å². The first-order chi connectivity index (χ1) is 9.20. The number of hydrogen-bond acceptors (Lipinski definition) is 3. The Labute approximate surface area is 122 Å². The van der Waals surface area contributed by atoms with Crippen LogP contribution in [0.25, 0.3) is 0 Å². The second-order valence-corrected chi connectivity index (χ2v) is 5.44. The number of carbonyl (C=O) groups excluding carboxylic acids is 1. The average molecular weight is 305 g/mol. The third-order valence-electron chi connectivity index (χ3n) is 2.37. The molecule has 0 aliphatic carbocycles. The Hall–Kier alpha value is -1.37. The third kappa shape index (κ3) is 5.32. The maximum atomic E-state index is 13.6. The molecule has 20 heavy (non-hydrogen) atoms. The highest BCUT2D eigenvalue weighted by Gasteiger charge is 2.18. The first kappa shape index (κ1) is 16.7.